The minimum atomic E-state index is -0.282. The van der Waals surface area contributed by atoms with E-state index in [1.165, 1.54) is 12.1 Å². The van der Waals surface area contributed by atoms with E-state index in [9.17, 15) is 4.39 Å². The molecular formula is C14H18FN3O. The molecule has 2 rings (SSSR count). The highest BCUT2D eigenvalue weighted by molar-refractivity contribution is 5.33. The molecule has 2 aromatic rings. The maximum absolute atomic E-state index is 13.3. The molecule has 0 saturated heterocycles. The van der Waals surface area contributed by atoms with E-state index in [1.807, 2.05) is 20.9 Å². The first-order chi connectivity index (χ1) is 9.02. The van der Waals surface area contributed by atoms with E-state index in [0.717, 1.165) is 28.3 Å². The van der Waals surface area contributed by atoms with Gasteiger partial charge in [-0.2, -0.15) is 5.10 Å². The fourth-order valence-corrected chi connectivity index (χ4v) is 2.04. The van der Waals surface area contributed by atoms with Gasteiger partial charge in [-0.05, 0) is 37.1 Å². The number of rotatable bonds is 4. The smallest absolute Gasteiger partial charge is 0.163 e. The highest BCUT2D eigenvalue weighted by Crippen LogP contribution is 2.23. The molecule has 19 heavy (non-hydrogen) atoms. The molecule has 2 N–H and O–H groups in total. The molecule has 1 aromatic heterocycles. The van der Waals surface area contributed by atoms with Crippen LogP contribution in [0, 0.1) is 19.7 Å². The normalized spacial score (nSPS) is 10.8. The predicted octanol–water partition coefficient (Wildman–Crippen LogP) is 2.21. The maximum atomic E-state index is 13.3. The highest BCUT2D eigenvalue weighted by atomic mass is 19.1. The number of nitrogens with zero attached hydrogens (tertiary/aromatic N) is 2. The van der Waals surface area contributed by atoms with Crippen LogP contribution in [-0.4, -0.2) is 9.78 Å². The number of hydrogen-bond acceptors (Lipinski definition) is 3. The average Bonchev–Trinajstić information content (AvgIpc) is 2.61. The molecule has 0 spiro atoms. The lowest BCUT2D eigenvalue weighted by atomic mass is 10.1. The first kappa shape index (κ1) is 13.5. The number of hydrogen-bond donors (Lipinski definition) is 1. The predicted molar refractivity (Wildman–Crippen MR) is 71.3 cm³/mol. The summed E-state index contributed by atoms with van der Waals surface area (Å²) < 4.78 is 20.8. The summed E-state index contributed by atoms with van der Waals surface area (Å²) in [5, 5.41) is 4.28. The number of nitrogens with two attached hydrogens (primary N) is 1. The number of ether oxygens (including phenoxy) is 1. The zero-order valence-electron chi connectivity index (χ0n) is 11.4. The van der Waals surface area contributed by atoms with E-state index in [-0.39, 0.29) is 12.4 Å². The van der Waals surface area contributed by atoms with Gasteiger partial charge in [0, 0.05) is 13.6 Å². The molecule has 1 heterocycles. The molecule has 0 aliphatic carbocycles. The third kappa shape index (κ3) is 2.76. The molecule has 0 radical (unpaired) electrons. The summed E-state index contributed by atoms with van der Waals surface area (Å²) in [6.45, 7) is 4.48. The van der Waals surface area contributed by atoms with Gasteiger partial charge in [-0.1, -0.05) is 6.07 Å². The molecule has 0 atom stereocenters. The van der Waals surface area contributed by atoms with Crippen LogP contribution in [0.1, 0.15) is 22.5 Å². The molecule has 4 nitrogen and oxygen atoms in total. The first-order valence-electron chi connectivity index (χ1n) is 6.13. The molecule has 0 fully saturated rings. The Morgan fingerprint density at radius 3 is 2.63 bits per heavy atom. The third-order valence-electron chi connectivity index (χ3n) is 3.20. The third-order valence-corrected chi connectivity index (χ3v) is 3.20. The maximum Gasteiger partial charge on any atom is 0.163 e. The number of aromatic nitrogens is 2. The largest absolute Gasteiger partial charge is 0.485 e. The van der Waals surface area contributed by atoms with Crippen molar-refractivity contribution in [2.45, 2.75) is 27.0 Å². The van der Waals surface area contributed by atoms with Gasteiger partial charge in [0.2, 0.25) is 0 Å². The molecule has 0 unspecified atom stereocenters. The van der Waals surface area contributed by atoms with E-state index in [0.29, 0.717) is 6.54 Å². The lowest BCUT2D eigenvalue weighted by molar-refractivity contribution is 0.299. The van der Waals surface area contributed by atoms with Gasteiger partial charge in [0.05, 0.1) is 5.69 Å². The molecular weight excluding hydrogens is 245 g/mol. The average molecular weight is 263 g/mol. The van der Waals surface area contributed by atoms with E-state index in [1.54, 1.807) is 10.7 Å². The van der Waals surface area contributed by atoms with Crippen LogP contribution in [-0.2, 0) is 20.2 Å². The second kappa shape index (κ2) is 5.40. The Bertz CT molecular complexity index is 593. The van der Waals surface area contributed by atoms with E-state index in [4.69, 9.17) is 10.5 Å². The van der Waals surface area contributed by atoms with Crippen LogP contribution < -0.4 is 10.5 Å². The van der Waals surface area contributed by atoms with Crippen LogP contribution in [0.4, 0.5) is 4.39 Å². The molecule has 0 bridgehead atoms. The van der Waals surface area contributed by atoms with Crippen LogP contribution in [0.3, 0.4) is 0 Å². The van der Waals surface area contributed by atoms with Crippen molar-refractivity contribution in [3.63, 3.8) is 0 Å². The van der Waals surface area contributed by atoms with Crippen molar-refractivity contribution in [2.75, 3.05) is 0 Å². The Hall–Kier alpha value is -1.88. The second-order valence-corrected chi connectivity index (χ2v) is 4.53. The van der Waals surface area contributed by atoms with Gasteiger partial charge >= 0.3 is 0 Å². The van der Waals surface area contributed by atoms with Gasteiger partial charge in [-0.15, -0.1) is 0 Å². The summed E-state index contributed by atoms with van der Waals surface area (Å²) >= 11 is 0. The van der Waals surface area contributed by atoms with Gasteiger partial charge in [-0.25, -0.2) is 4.39 Å². The van der Waals surface area contributed by atoms with Gasteiger partial charge < -0.3 is 10.5 Å². The number of halogens is 1. The fraction of sp³-hybridized carbons (Fsp3) is 0.357. The summed E-state index contributed by atoms with van der Waals surface area (Å²) in [5.41, 5.74) is 9.07. The molecule has 102 valence electrons. The Balaban J connectivity index is 2.21. The zero-order valence-corrected chi connectivity index (χ0v) is 11.4. The van der Waals surface area contributed by atoms with Crippen molar-refractivity contribution in [1.29, 1.82) is 0 Å². The molecule has 5 heteroatoms. The summed E-state index contributed by atoms with van der Waals surface area (Å²) in [7, 11) is 1.86. The van der Waals surface area contributed by atoms with Crippen molar-refractivity contribution in [3.8, 4) is 5.75 Å². The van der Waals surface area contributed by atoms with Gasteiger partial charge in [0.15, 0.2) is 5.75 Å². The summed E-state index contributed by atoms with van der Waals surface area (Å²) in [5.74, 6) is 0.463. The van der Waals surface area contributed by atoms with E-state index in [2.05, 4.69) is 5.10 Å². The summed E-state index contributed by atoms with van der Waals surface area (Å²) in [4.78, 5) is 0. The van der Waals surface area contributed by atoms with Crippen LogP contribution in [0.5, 0.6) is 5.75 Å². The molecule has 0 saturated carbocycles. The van der Waals surface area contributed by atoms with Crippen molar-refractivity contribution in [1.82, 2.24) is 9.78 Å². The summed E-state index contributed by atoms with van der Waals surface area (Å²) in [6.07, 6.45) is 0. The Labute approximate surface area is 112 Å². The minimum Gasteiger partial charge on any atom is -0.485 e. The van der Waals surface area contributed by atoms with Crippen molar-refractivity contribution >= 4 is 0 Å². The van der Waals surface area contributed by atoms with Crippen LogP contribution in [0.25, 0.3) is 0 Å². The molecule has 0 aliphatic heterocycles. The lowest BCUT2D eigenvalue weighted by Gasteiger charge is -2.10. The number of benzene rings is 1. The minimum absolute atomic E-state index is 0.282. The van der Waals surface area contributed by atoms with Crippen molar-refractivity contribution < 1.29 is 9.13 Å². The second-order valence-electron chi connectivity index (χ2n) is 4.53. The highest BCUT2D eigenvalue weighted by Gasteiger charge is 2.12. The van der Waals surface area contributed by atoms with Gasteiger partial charge in [0.25, 0.3) is 0 Å². The Kier molecular flexibility index (Phi) is 3.85. The van der Waals surface area contributed by atoms with Crippen molar-refractivity contribution in [3.05, 3.63) is 46.5 Å². The Morgan fingerprint density at radius 1 is 1.32 bits per heavy atom. The van der Waals surface area contributed by atoms with E-state index >= 15 is 0 Å². The van der Waals surface area contributed by atoms with Crippen molar-refractivity contribution in [2.24, 2.45) is 12.8 Å². The fourth-order valence-electron chi connectivity index (χ4n) is 2.04. The monoisotopic (exact) mass is 263 g/mol. The molecule has 0 aliphatic rings. The van der Waals surface area contributed by atoms with Gasteiger partial charge in [-0.3, -0.25) is 4.68 Å². The van der Waals surface area contributed by atoms with Crippen LogP contribution in [0.15, 0.2) is 18.2 Å². The van der Waals surface area contributed by atoms with Crippen LogP contribution >= 0.6 is 0 Å². The summed E-state index contributed by atoms with van der Waals surface area (Å²) in [6, 6.07) is 4.56. The van der Waals surface area contributed by atoms with E-state index < -0.39 is 0 Å². The molecule has 0 amide bonds. The standard InChI is InChI=1S/C14H18FN3O/c1-9-14(10(2)18(3)17-9)19-8-12-6-13(15)5-4-11(12)7-16/h4-6H,7-8,16H2,1-3H3. The van der Waals surface area contributed by atoms with Crippen LogP contribution in [0.2, 0.25) is 0 Å². The topological polar surface area (TPSA) is 53.1 Å². The Morgan fingerprint density at radius 2 is 2.05 bits per heavy atom. The molecule has 1 aromatic carbocycles. The quantitative estimate of drug-likeness (QED) is 0.920. The first-order valence-corrected chi connectivity index (χ1v) is 6.13. The lowest BCUT2D eigenvalue weighted by Crippen LogP contribution is -2.06. The number of aryl methyl sites for hydroxylation is 2. The van der Waals surface area contributed by atoms with Gasteiger partial charge in [0.1, 0.15) is 18.1 Å². The SMILES string of the molecule is Cc1nn(C)c(C)c1OCc1cc(F)ccc1CN. The zero-order chi connectivity index (χ0) is 14.0.